The average Bonchev–Trinajstić information content (AvgIpc) is 3.21. The zero-order chi connectivity index (χ0) is 28.5. The molecule has 1 spiro atoms. The number of urea groups is 1. The number of benzene rings is 2. The summed E-state index contributed by atoms with van der Waals surface area (Å²) in [6, 6.07) is 11.1. The summed E-state index contributed by atoms with van der Waals surface area (Å²) in [7, 11) is 0. The lowest BCUT2D eigenvalue weighted by atomic mass is 9.74. The van der Waals surface area contributed by atoms with Gasteiger partial charge in [-0.2, -0.15) is 13.2 Å². The first-order valence-electron chi connectivity index (χ1n) is 12.8. The van der Waals surface area contributed by atoms with Crippen molar-refractivity contribution in [2.75, 3.05) is 31.1 Å². The number of carbonyl (C=O) groups is 1. The van der Waals surface area contributed by atoms with Crippen LogP contribution in [0.25, 0.3) is 6.08 Å². The highest BCUT2D eigenvalue weighted by Crippen LogP contribution is 2.48. The highest BCUT2D eigenvalue weighted by molar-refractivity contribution is 6.31. The molecule has 3 aromatic rings. The molecule has 2 amide bonds. The third kappa shape index (κ3) is 6.11. The number of piperidine rings is 1. The van der Waals surface area contributed by atoms with E-state index in [0.717, 1.165) is 23.3 Å². The molecule has 210 valence electrons. The zero-order valence-electron chi connectivity index (χ0n) is 21.3. The number of anilines is 1. The first kappa shape index (κ1) is 28.4. The Kier molecular flexibility index (Phi) is 8.08. The van der Waals surface area contributed by atoms with Crippen LogP contribution in [0.1, 0.15) is 35.1 Å². The van der Waals surface area contributed by atoms with E-state index in [1.165, 1.54) is 24.3 Å². The van der Waals surface area contributed by atoms with Crippen LogP contribution in [0.4, 0.5) is 28.0 Å². The molecule has 0 unspecified atom stereocenters. The van der Waals surface area contributed by atoms with Gasteiger partial charge in [0.2, 0.25) is 0 Å². The average molecular weight is 593 g/mol. The molecule has 2 aliphatic rings. The predicted octanol–water partition coefficient (Wildman–Crippen LogP) is 7.32. The summed E-state index contributed by atoms with van der Waals surface area (Å²) in [4.78, 5) is 21.1. The quantitative estimate of drug-likeness (QED) is 0.249. The number of rotatable bonds is 5. The number of halogens is 6. The van der Waals surface area contributed by atoms with Crippen molar-refractivity contribution in [1.82, 2.24) is 15.2 Å². The van der Waals surface area contributed by atoms with Gasteiger partial charge in [-0.05, 0) is 79.0 Å². The number of carbonyl (C=O) groups excluding carboxylic acids is 1. The summed E-state index contributed by atoms with van der Waals surface area (Å²) in [5.41, 5.74) is 1.78. The number of hydrogen-bond acceptors (Lipinski definition) is 3. The number of likely N-dealkylation sites (tertiary alicyclic amines) is 1. The maximum absolute atomic E-state index is 14.6. The molecule has 1 saturated heterocycles. The van der Waals surface area contributed by atoms with Gasteiger partial charge in [0.05, 0.1) is 16.3 Å². The molecule has 40 heavy (non-hydrogen) atoms. The fourth-order valence-corrected chi connectivity index (χ4v) is 5.73. The number of alkyl halides is 3. The maximum atomic E-state index is 14.6. The second-order valence-corrected chi connectivity index (χ2v) is 10.9. The fourth-order valence-electron chi connectivity index (χ4n) is 5.38. The van der Waals surface area contributed by atoms with Gasteiger partial charge in [0.15, 0.2) is 0 Å². The van der Waals surface area contributed by atoms with Gasteiger partial charge >= 0.3 is 12.2 Å². The zero-order valence-corrected chi connectivity index (χ0v) is 22.8. The minimum Gasteiger partial charge on any atom is -0.334 e. The Bertz CT molecular complexity index is 1420. The van der Waals surface area contributed by atoms with E-state index < -0.39 is 23.0 Å². The minimum absolute atomic E-state index is 0.0413. The van der Waals surface area contributed by atoms with Crippen LogP contribution in [-0.2, 0) is 18.1 Å². The molecule has 0 atom stereocenters. The van der Waals surface area contributed by atoms with Crippen LogP contribution in [0.3, 0.4) is 0 Å². The molecule has 5 nitrogen and oxygen atoms in total. The third-order valence-electron chi connectivity index (χ3n) is 7.57. The van der Waals surface area contributed by atoms with Gasteiger partial charge in [0.1, 0.15) is 11.0 Å². The molecular formula is C29H26Cl2F4N4O. The molecule has 2 aromatic carbocycles. The first-order chi connectivity index (χ1) is 19.0. The number of hydrogen-bond donors (Lipinski definition) is 1. The molecule has 1 aromatic heterocycles. The Morgan fingerprint density at radius 3 is 2.48 bits per heavy atom. The molecule has 1 fully saturated rings. The minimum atomic E-state index is -4.36. The van der Waals surface area contributed by atoms with Crippen molar-refractivity contribution in [2.45, 2.75) is 31.0 Å². The van der Waals surface area contributed by atoms with Crippen LogP contribution < -0.4 is 10.2 Å². The number of nitrogens with zero attached hydrogens (tertiary/aromatic N) is 3. The van der Waals surface area contributed by atoms with E-state index in [-0.39, 0.29) is 17.6 Å². The van der Waals surface area contributed by atoms with Gasteiger partial charge in [0, 0.05) is 31.2 Å². The van der Waals surface area contributed by atoms with Crippen LogP contribution in [0.5, 0.6) is 0 Å². The van der Waals surface area contributed by atoms with Crippen LogP contribution in [0.2, 0.25) is 10.2 Å². The Labute approximate surface area is 239 Å². The number of fused-ring (bicyclic) bond motifs is 2. The summed E-state index contributed by atoms with van der Waals surface area (Å²) in [5.74, 6) is -0.518. The van der Waals surface area contributed by atoms with Gasteiger partial charge in [-0.1, -0.05) is 47.5 Å². The standard InChI is InChI=1S/C29H26Cl2F4N4O/c30-23-16-25-22(15-24(23)32)28(18-39(25)27(40)37-17-20-7-10-36-26(31)14-20)8-12-38(13-9-28)11-1-2-19-3-5-21(6-4-19)29(33,34)35/h1-7,10,14-16H,8-9,11-13,17-18H2,(H,37,40). The largest absolute Gasteiger partial charge is 0.416 e. The molecule has 0 saturated carbocycles. The normalized spacial score (nSPS) is 17.0. The Morgan fingerprint density at radius 2 is 1.80 bits per heavy atom. The summed E-state index contributed by atoms with van der Waals surface area (Å²) in [6.07, 6.45) is 2.35. The maximum Gasteiger partial charge on any atom is 0.416 e. The van der Waals surface area contributed by atoms with Gasteiger partial charge in [-0.25, -0.2) is 14.2 Å². The predicted molar refractivity (Wildman–Crippen MR) is 148 cm³/mol. The number of pyridine rings is 1. The van der Waals surface area contributed by atoms with Crippen LogP contribution >= 0.6 is 23.2 Å². The van der Waals surface area contributed by atoms with Crippen LogP contribution in [0, 0.1) is 5.82 Å². The van der Waals surface area contributed by atoms with E-state index in [4.69, 9.17) is 23.2 Å². The van der Waals surface area contributed by atoms with E-state index in [1.807, 2.05) is 6.08 Å². The highest BCUT2D eigenvalue weighted by Gasteiger charge is 2.46. The van der Waals surface area contributed by atoms with Crippen molar-refractivity contribution in [3.05, 3.63) is 99.1 Å². The number of nitrogens with one attached hydrogen (secondary N) is 1. The SMILES string of the molecule is O=C(NCc1ccnc(Cl)c1)N1CC2(CCN(CC=Cc3ccc(C(F)(F)F)cc3)CC2)c2cc(F)c(Cl)cc21. The summed E-state index contributed by atoms with van der Waals surface area (Å²) in [6.45, 7) is 2.71. The number of amides is 2. The molecule has 0 radical (unpaired) electrons. The Hall–Kier alpha value is -3.14. The van der Waals surface area contributed by atoms with Gasteiger partial charge < -0.3 is 5.32 Å². The van der Waals surface area contributed by atoms with Gasteiger partial charge in [-0.3, -0.25) is 9.80 Å². The highest BCUT2D eigenvalue weighted by atomic mass is 35.5. The monoisotopic (exact) mass is 592 g/mol. The van der Waals surface area contributed by atoms with E-state index in [1.54, 1.807) is 29.3 Å². The molecule has 11 heteroatoms. The molecule has 3 heterocycles. The van der Waals surface area contributed by atoms with Crippen molar-refractivity contribution in [1.29, 1.82) is 0 Å². The first-order valence-corrected chi connectivity index (χ1v) is 13.5. The van der Waals surface area contributed by atoms with Crippen molar-refractivity contribution >= 4 is 41.0 Å². The summed E-state index contributed by atoms with van der Waals surface area (Å²) in [5, 5.41) is 3.20. The lowest BCUT2D eigenvalue weighted by molar-refractivity contribution is -0.137. The van der Waals surface area contributed by atoms with E-state index in [0.29, 0.717) is 55.4 Å². The summed E-state index contributed by atoms with van der Waals surface area (Å²) >= 11 is 12.1. The molecule has 0 aliphatic carbocycles. The lowest BCUT2D eigenvalue weighted by Gasteiger charge is -2.39. The number of aromatic nitrogens is 1. The van der Waals surface area contributed by atoms with Gasteiger partial charge in [-0.15, -0.1) is 0 Å². The topological polar surface area (TPSA) is 48.5 Å². The van der Waals surface area contributed by atoms with E-state index in [2.05, 4.69) is 15.2 Å². The van der Waals surface area contributed by atoms with Crippen LogP contribution in [0.15, 0.2) is 60.8 Å². The lowest BCUT2D eigenvalue weighted by Crippen LogP contribution is -2.47. The Morgan fingerprint density at radius 1 is 1.07 bits per heavy atom. The Balaban J connectivity index is 1.24. The van der Waals surface area contributed by atoms with Crippen molar-refractivity contribution < 1.29 is 22.4 Å². The van der Waals surface area contributed by atoms with Gasteiger partial charge in [0.25, 0.3) is 0 Å². The van der Waals surface area contributed by atoms with Crippen molar-refractivity contribution in [3.8, 4) is 0 Å². The van der Waals surface area contributed by atoms with E-state index in [9.17, 15) is 22.4 Å². The van der Waals surface area contributed by atoms with Crippen LogP contribution in [-0.4, -0.2) is 42.1 Å². The smallest absolute Gasteiger partial charge is 0.334 e. The molecule has 0 bridgehead atoms. The van der Waals surface area contributed by atoms with E-state index >= 15 is 0 Å². The molecule has 1 N–H and O–H groups in total. The molecular weight excluding hydrogens is 567 g/mol. The second-order valence-electron chi connectivity index (χ2n) is 10.1. The summed E-state index contributed by atoms with van der Waals surface area (Å²) < 4.78 is 52.9. The fraction of sp³-hybridized carbons (Fsp3) is 0.310. The van der Waals surface area contributed by atoms with Crippen molar-refractivity contribution in [3.63, 3.8) is 0 Å². The van der Waals surface area contributed by atoms with Crippen molar-refractivity contribution in [2.24, 2.45) is 0 Å². The molecule has 5 rings (SSSR count). The molecule has 2 aliphatic heterocycles. The second kappa shape index (κ2) is 11.4. The third-order valence-corrected chi connectivity index (χ3v) is 8.06.